The SMILES string of the molecule is COc1cc2c(cnn2C)cc1-c1nc2c(n1C(C)C)[C@](C)(c1ccc(Cl)s1)N(c1cc(Cl)cn(C)c1=O)C2=O. The molecule has 1 aliphatic heterocycles. The quantitative estimate of drug-likeness (QED) is 0.248. The number of pyridine rings is 1. The zero-order valence-corrected chi connectivity index (χ0v) is 25.0. The number of thiophene rings is 1. The highest BCUT2D eigenvalue weighted by Crippen LogP contribution is 2.51. The Morgan fingerprint density at radius 2 is 1.85 bits per heavy atom. The average molecular weight is 598 g/mol. The number of halogens is 2. The van der Waals surface area contributed by atoms with Gasteiger partial charge in [0.25, 0.3) is 11.5 Å². The van der Waals surface area contributed by atoms with Gasteiger partial charge in [-0.1, -0.05) is 23.2 Å². The summed E-state index contributed by atoms with van der Waals surface area (Å²) in [7, 11) is 5.09. The number of aryl methyl sites for hydroxylation is 2. The Morgan fingerprint density at radius 3 is 2.50 bits per heavy atom. The van der Waals surface area contributed by atoms with E-state index >= 15 is 0 Å². The van der Waals surface area contributed by atoms with Crippen LogP contribution in [0.5, 0.6) is 5.75 Å². The number of methoxy groups -OCH3 is 1. The molecule has 6 rings (SSSR count). The summed E-state index contributed by atoms with van der Waals surface area (Å²) in [4.78, 5) is 35.0. The van der Waals surface area contributed by atoms with Crippen LogP contribution in [-0.2, 0) is 19.6 Å². The molecular weight excluding hydrogens is 571 g/mol. The number of nitrogens with zero attached hydrogens (tertiary/aromatic N) is 6. The summed E-state index contributed by atoms with van der Waals surface area (Å²) < 4.78 is 11.6. The molecule has 0 radical (unpaired) electrons. The van der Waals surface area contributed by atoms with Crippen molar-refractivity contribution in [2.24, 2.45) is 14.1 Å². The minimum Gasteiger partial charge on any atom is -0.496 e. The van der Waals surface area contributed by atoms with Gasteiger partial charge in [-0.15, -0.1) is 11.3 Å². The van der Waals surface area contributed by atoms with Crippen molar-refractivity contribution in [3.63, 3.8) is 0 Å². The minimum atomic E-state index is -1.11. The molecule has 0 spiro atoms. The number of rotatable bonds is 5. The number of anilines is 1. The van der Waals surface area contributed by atoms with E-state index in [-0.39, 0.29) is 23.0 Å². The van der Waals surface area contributed by atoms with Crippen molar-refractivity contribution in [3.8, 4) is 17.1 Å². The van der Waals surface area contributed by atoms with Crippen molar-refractivity contribution in [1.82, 2.24) is 23.9 Å². The standard InChI is InChI=1S/C28H26Cl2N6O3S/c1-14(2)35-24-23(32-25(35)17-9-15-12-31-34(5)18(15)11-20(17)39-6)27(38)36(19-10-16(29)13-33(4)26(19)37)28(24,3)21-7-8-22(30)40-21/h7-14H,1-6H3/t28-/m0/s1. The van der Waals surface area contributed by atoms with Crippen molar-refractivity contribution < 1.29 is 9.53 Å². The monoisotopic (exact) mass is 596 g/mol. The van der Waals surface area contributed by atoms with E-state index in [1.807, 2.05) is 46.0 Å². The number of fused-ring (bicyclic) bond motifs is 2. The van der Waals surface area contributed by atoms with E-state index in [9.17, 15) is 9.59 Å². The highest BCUT2D eigenvalue weighted by atomic mass is 35.5. The highest BCUT2D eigenvalue weighted by molar-refractivity contribution is 7.16. The smallest absolute Gasteiger partial charge is 0.280 e. The van der Waals surface area contributed by atoms with Crippen LogP contribution >= 0.6 is 34.5 Å². The molecule has 0 N–H and O–H groups in total. The molecule has 0 saturated carbocycles. The van der Waals surface area contributed by atoms with Crippen LogP contribution in [0.25, 0.3) is 22.3 Å². The summed E-state index contributed by atoms with van der Waals surface area (Å²) >= 11 is 14.2. The zero-order valence-electron chi connectivity index (χ0n) is 22.7. The van der Waals surface area contributed by atoms with Crippen LogP contribution in [0.3, 0.4) is 0 Å². The topological polar surface area (TPSA) is 87.2 Å². The fourth-order valence-electron chi connectivity index (χ4n) is 5.65. The first-order chi connectivity index (χ1) is 19.0. The predicted octanol–water partition coefficient (Wildman–Crippen LogP) is 6.02. The average Bonchev–Trinajstić information content (AvgIpc) is 3.66. The number of hydrogen-bond donors (Lipinski definition) is 0. The summed E-state index contributed by atoms with van der Waals surface area (Å²) in [6.07, 6.45) is 3.31. The van der Waals surface area contributed by atoms with E-state index < -0.39 is 11.4 Å². The van der Waals surface area contributed by atoms with Crippen molar-refractivity contribution in [1.29, 1.82) is 0 Å². The Balaban J connectivity index is 1.69. The third-order valence-corrected chi connectivity index (χ3v) is 9.12. The van der Waals surface area contributed by atoms with Gasteiger partial charge in [-0.25, -0.2) is 4.98 Å². The van der Waals surface area contributed by atoms with Crippen LogP contribution < -0.4 is 15.2 Å². The third kappa shape index (κ3) is 3.66. The molecule has 0 fully saturated rings. The Bertz CT molecular complexity index is 1900. The molecule has 0 bridgehead atoms. The van der Waals surface area contributed by atoms with Gasteiger partial charge in [-0.05, 0) is 45.0 Å². The number of benzene rings is 1. The molecule has 5 aromatic rings. The second-order valence-electron chi connectivity index (χ2n) is 10.3. The Morgan fingerprint density at radius 1 is 1.10 bits per heavy atom. The Labute approximate surface area is 244 Å². The lowest BCUT2D eigenvalue weighted by molar-refractivity contribution is 0.0980. The van der Waals surface area contributed by atoms with E-state index in [2.05, 4.69) is 9.67 Å². The lowest BCUT2D eigenvalue weighted by atomic mass is 9.94. The van der Waals surface area contributed by atoms with Gasteiger partial charge < -0.3 is 13.9 Å². The molecule has 40 heavy (non-hydrogen) atoms. The number of carbonyl (C=O) groups is 1. The number of amides is 1. The second kappa shape index (κ2) is 9.22. The maximum atomic E-state index is 14.3. The van der Waals surface area contributed by atoms with Crippen LogP contribution in [0, 0.1) is 0 Å². The molecule has 12 heteroatoms. The molecule has 1 aliphatic rings. The van der Waals surface area contributed by atoms with Gasteiger partial charge in [0.2, 0.25) is 0 Å². The molecule has 1 atom stereocenters. The van der Waals surface area contributed by atoms with Crippen LogP contribution in [0.2, 0.25) is 9.36 Å². The van der Waals surface area contributed by atoms with Crippen LogP contribution in [-0.4, -0.2) is 36.9 Å². The van der Waals surface area contributed by atoms with E-state index in [0.29, 0.717) is 26.6 Å². The summed E-state index contributed by atoms with van der Waals surface area (Å²) in [6, 6.07) is 9.00. The Hall–Kier alpha value is -3.60. The number of ether oxygens (including phenoxy) is 1. The normalized spacial score (nSPS) is 16.9. The maximum Gasteiger partial charge on any atom is 0.280 e. The summed E-state index contributed by atoms with van der Waals surface area (Å²) in [5.74, 6) is 0.794. The van der Waals surface area contributed by atoms with Gasteiger partial charge in [-0.2, -0.15) is 5.10 Å². The first kappa shape index (κ1) is 26.6. The first-order valence-electron chi connectivity index (χ1n) is 12.6. The number of carbonyl (C=O) groups excluding carboxylic acids is 1. The molecule has 1 amide bonds. The number of aromatic nitrogens is 5. The van der Waals surface area contributed by atoms with Crippen molar-refractivity contribution in [3.05, 3.63) is 78.7 Å². The molecule has 5 heterocycles. The molecule has 1 aromatic carbocycles. The fourth-order valence-corrected chi connectivity index (χ4v) is 7.08. The van der Waals surface area contributed by atoms with Gasteiger partial charge >= 0.3 is 0 Å². The number of imidazole rings is 1. The molecule has 206 valence electrons. The van der Waals surface area contributed by atoms with Gasteiger partial charge in [0.05, 0.1) is 39.4 Å². The molecule has 9 nitrogen and oxygen atoms in total. The molecule has 0 aliphatic carbocycles. The van der Waals surface area contributed by atoms with E-state index in [4.69, 9.17) is 32.9 Å². The van der Waals surface area contributed by atoms with Crippen molar-refractivity contribution >= 4 is 57.0 Å². The first-order valence-corrected chi connectivity index (χ1v) is 14.1. The molecule has 0 unspecified atom stereocenters. The van der Waals surface area contributed by atoms with Gasteiger partial charge in [0.1, 0.15) is 22.8 Å². The van der Waals surface area contributed by atoms with Gasteiger partial charge in [-0.3, -0.25) is 19.2 Å². The third-order valence-electron chi connectivity index (χ3n) is 7.47. The molecular formula is C28H26Cl2N6O3S. The summed E-state index contributed by atoms with van der Waals surface area (Å²) in [5, 5.41) is 5.63. The van der Waals surface area contributed by atoms with E-state index in [1.165, 1.54) is 33.1 Å². The highest BCUT2D eigenvalue weighted by Gasteiger charge is 2.54. The largest absolute Gasteiger partial charge is 0.496 e. The summed E-state index contributed by atoms with van der Waals surface area (Å²) in [6.45, 7) is 5.99. The minimum absolute atomic E-state index is 0.106. The fraction of sp³-hybridized carbons (Fsp3) is 0.286. The second-order valence-corrected chi connectivity index (χ2v) is 12.4. The zero-order chi connectivity index (χ0) is 28.7. The molecule has 4 aromatic heterocycles. The van der Waals surface area contributed by atoms with Crippen LogP contribution in [0.1, 0.15) is 47.9 Å². The van der Waals surface area contributed by atoms with Crippen LogP contribution in [0.4, 0.5) is 5.69 Å². The van der Waals surface area contributed by atoms with Crippen molar-refractivity contribution in [2.45, 2.75) is 32.4 Å². The van der Waals surface area contributed by atoms with E-state index in [0.717, 1.165) is 21.3 Å². The van der Waals surface area contributed by atoms with Crippen LogP contribution in [0.15, 0.2) is 47.5 Å². The lowest BCUT2D eigenvalue weighted by Gasteiger charge is -2.36. The van der Waals surface area contributed by atoms with Crippen molar-refractivity contribution in [2.75, 3.05) is 12.0 Å². The van der Waals surface area contributed by atoms with E-state index in [1.54, 1.807) is 31.1 Å². The molecule has 0 saturated heterocycles. The predicted molar refractivity (Wildman–Crippen MR) is 158 cm³/mol. The maximum absolute atomic E-state index is 14.3. The Kier molecular flexibility index (Phi) is 6.14. The van der Waals surface area contributed by atoms with Gasteiger partial charge in [0.15, 0.2) is 5.69 Å². The number of hydrogen-bond acceptors (Lipinski definition) is 6. The lowest BCUT2D eigenvalue weighted by Crippen LogP contribution is -2.46. The summed E-state index contributed by atoms with van der Waals surface area (Å²) in [5.41, 5.74) is 1.27. The van der Waals surface area contributed by atoms with Gasteiger partial charge in [0, 0.05) is 42.7 Å².